The van der Waals surface area contributed by atoms with Gasteiger partial charge in [0.15, 0.2) is 0 Å². The summed E-state index contributed by atoms with van der Waals surface area (Å²) in [5.74, 6) is 0.345. The highest BCUT2D eigenvalue weighted by Crippen LogP contribution is 2.26. The molecule has 1 aliphatic carbocycles. The van der Waals surface area contributed by atoms with E-state index in [0.717, 1.165) is 29.7 Å². The summed E-state index contributed by atoms with van der Waals surface area (Å²) in [7, 11) is 0. The van der Waals surface area contributed by atoms with Gasteiger partial charge in [-0.3, -0.25) is 4.79 Å². The van der Waals surface area contributed by atoms with E-state index >= 15 is 0 Å². The van der Waals surface area contributed by atoms with Crippen molar-refractivity contribution in [1.29, 1.82) is 0 Å². The van der Waals surface area contributed by atoms with Crippen LogP contribution >= 0.6 is 0 Å². The number of amides is 1. The first-order valence-electron chi connectivity index (χ1n) is 7.28. The molecule has 1 unspecified atom stereocenters. The Hall–Kier alpha value is -2.16. The van der Waals surface area contributed by atoms with Gasteiger partial charge >= 0.3 is 0 Å². The second-order valence-corrected chi connectivity index (χ2v) is 5.63. The van der Waals surface area contributed by atoms with Gasteiger partial charge in [0.05, 0.1) is 12.1 Å². The second-order valence-electron chi connectivity index (χ2n) is 5.63. The largest absolute Gasteiger partial charge is 0.273 e. The fraction of sp³-hybridized carbons (Fsp3) is 0.333. The van der Waals surface area contributed by atoms with E-state index in [-0.39, 0.29) is 5.91 Å². The van der Waals surface area contributed by atoms with Crippen LogP contribution in [-0.2, 0) is 11.2 Å². The van der Waals surface area contributed by atoms with Crippen molar-refractivity contribution in [3.05, 3.63) is 59.7 Å². The number of carbonyl (C=O) groups is 1. The van der Waals surface area contributed by atoms with Crippen molar-refractivity contribution in [2.45, 2.75) is 33.1 Å². The fourth-order valence-corrected chi connectivity index (χ4v) is 2.37. The highest BCUT2D eigenvalue weighted by molar-refractivity contribution is 6.01. The lowest BCUT2D eigenvalue weighted by atomic mass is 9.85. The number of nitrogens with one attached hydrogen (secondary N) is 1. The maximum atomic E-state index is 11.9. The number of benzene rings is 1. The average Bonchev–Trinajstić information content (AvgIpc) is 2.47. The van der Waals surface area contributed by atoms with Gasteiger partial charge in [-0.15, -0.1) is 0 Å². The van der Waals surface area contributed by atoms with Crippen LogP contribution in [0.2, 0.25) is 0 Å². The summed E-state index contributed by atoms with van der Waals surface area (Å²) in [4.78, 5) is 11.9. The third-order valence-corrected chi connectivity index (χ3v) is 3.82. The molecule has 0 radical (unpaired) electrons. The lowest BCUT2D eigenvalue weighted by molar-refractivity contribution is -0.120. The van der Waals surface area contributed by atoms with Crippen molar-refractivity contribution >= 4 is 11.6 Å². The maximum Gasteiger partial charge on any atom is 0.244 e. The summed E-state index contributed by atoms with van der Waals surface area (Å²) in [6.07, 6.45) is 4.39. The molecule has 3 heteroatoms. The van der Waals surface area contributed by atoms with Gasteiger partial charge < -0.3 is 0 Å². The maximum absolute atomic E-state index is 11.9. The predicted molar refractivity (Wildman–Crippen MR) is 87.0 cm³/mol. The Morgan fingerprint density at radius 2 is 2.10 bits per heavy atom. The predicted octanol–water partition coefficient (Wildman–Crippen LogP) is 3.63. The summed E-state index contributed by atoms with van der Waals surface area (Å²) in [5.41, 5.74) is 6.93. The zero-order valence-electron chi connectivity index (χ0n) is 12.7. The molecule has 0 spiro atoms. The molecular weight excluding hydrogens is 260 g/mol. The van der Waals surface area contributed by atoms with Crippen molar-refractivity contribution in [2.75, 3.05) is 0 Å². The lowest BCUT2D eigenvalue weighted by Gasteiger charge is -2.22. The fourth-order valence-electron chi connectivity index (χ4n) is 2.37. The highest BCUT2D eigenvalue weighted by Gasteiger charge is 2.18. The minimum absolute atomic E-state index is 0.0843. The Bertz CT molecular complexity index is 584. The minimum atomic E-state index is -0.0843. The SMILES string of the molecule is C=C(C)C1CC=C(C)C(=NNC(=O)Cc2ccccc2)C1. The summed E-state index contributed by atoms with van der Waals surface area (Å²) >= 11 is 0. The molecule has 0 aliphatic heterocycles. The molecule has 21 heavy (non-hydrogen) atoms. The van der Waals surface area contributed by atoms with Crippen molar-refractivity contribution in [1.82, 2.24) is 5.43 Å². The van der Waals surface area contributed by atoms with Gasteiger partial charge in [-0.2, -0.15) is 5.10 Å². The first-order chi connectivity index (χ1) is 10.1. The van der Waals surface area contributed by atoms with E-state index in [2.05, 4.69) is 23.2 Å². The lowest BCUT2D eigenvalue weighted by Crippen LogP contribution is -2.24. The molecule has 1 aromatic rings. The Labute approximate surface area is 126 Å². The minimum Gasteiger partial charge on any atom is -0.273 e. The molecule has 0 fully saturated rings. The van der Waals surface area contributed by atoms with Crippen molar-refractivity contribution in [2.24, 2.45) is 11.0 Å². The number of nitrogens with zero attached hydrogens (tertiary/aromatic N) is 1. The van der Waals surface area contributed by atoms with Crippen LogP contribution in [0, 0.1) is 5.92 Å². The Morgan fingerprint density at radius 3 is 2.76 bits per heavy atom. The summed E-state index contributed by atoms with van der Waals surface area (Å²) in [6, 6.07) is 9.68. The third-order valence-electron chi connectivity index (χ3n) is 3.82. The van der Waals surface area contributed by atoms with Gasteiger partial charge in [-0.25, -0.2) is 5.43 Å². The molecule has 1 aromatic carbocycles. The van der Waals surface area contributed by atoms with E-state index < -0.39 is 0 Å². The second kappa shape index (κ2) is 7.02. The quantitative estimate of drug-likeness (QED) is 0.665. The average molecular weight is 282 g/mol. The smallest absolute Gasteiger partial charge is 0.244 e. The van der Waals surface area contributed by atoms with Crippen LogP contribution in [0.3, 0.4) is 0 Å². The Morgan fingerprint density at radius 1 is 1.38 bits per heavy atom. The van der Waals surface area contributed by atoms with Gasteiger partial charge in [-0.05, 0) is 43.7 Å². The molecule has 0 saturated heterocycles. The summed E-state index contributed by atoms with van der Waals surface area (Å²) in [6.45, 7) is 8.10. The first-order valence-corrected chi connectivity index (χ1v) is 7.28. The van der Waals surface area contributed by atoms with E-state index in [0.29, 0.717) is 12.3 Å². The number of hydrazone groups is 1. The molecule has 0 bridgehead atoms. The molecule has 110 valence electrons. The van der Waals surface area contributed by atoms with Crippen molar-refractivity contribution < 1.29 is 4.79 Å². The molecule has 2 rings (SSSR count). The molecule has 1 N–H and O–H groups in total. The van der Waals surface area contributed by atoms with Crippen molar-refractivity contribution in [3.63, 3.8) is 0 Å². The monoisotopic (exact) mass is 282 g/mol. The molecule has 3 nitrogen and oxygen atoms in total. The number of allylic oxidation sites excluding steroid dienone is 3. The van der Waals surface area contributed by atoms with Crippen LogP contribution in [0.15, 0.2) is 59.2 Å². The van der Waals surface area contributed by atoms with Gasteiger partial charge in [-0.1, -0.05) is 48.6 Å². The van der Waals surface area contributed by atoms with Gasteiger partial charge in [0.1, 0.15) is 0 Å². The normalized spacial score (nSPS) is 20.0. The molecule has 0 aromatic heterocycles. The molecule has 1 atom stereocenters. The van der Waals surface area contributed by atoms with E-state index in [1.807, 2.05) is 44.2 Å². The highest BCUT2D eigenvalue weighted by atomic mass is 16.2. The molecule has 1 amide bonds. The molecular formula is C18H22N2O. The molecule has 0 saturated carbocycles. The van der Waals surface area contributed by atoms with E-state index in [9.17, 15) is 4.79 Å². The first kappa shape index (κ1) is 15.2. The number of rotatable bonds is 4. The topological polar surface area (TPSA) is 41.5 Å². The Balaban J connectivity index is 1.96. The van der Waals surface area contributed by atoms with E-state index in [1.165, 1.54) is 5.57 Å². The van der Waals surface area contributed by atoms with Crippen LogP contribution in [0.25, 0.3) is 0 Å². The van der Waals surface area contributed by atoms with Gasteiger partial charge in [0.2, 0.25) is 5.91 Å². The molecule has 0 heterocycles. The van der Waals surface area contributed by atoms with Crippen LogP contribution in [0.5, 0.6) is 0 Å². The number of hydrogen-bond acceptors (Lipinski definition) is 2. The Kier molecular flexibility index (Phi) is 5.09. The molecule has 1 aliphatic rings. The zero-order valence-corrected chi connectivity index (χ0v) is 12.7. The van der Waals surface area contributed by atoms with Gasteiger partial charge in [0, 0.05) is 0 Å². The van der Waals surface area contributed by atoms with Crippen molar-refractivity contribution in [3.8, 4) is 0 Å². The van der Waals surface area contributed by atoms with Crippen LogP contribution < -0.4 is 5.43 Å². The van der Waals surface area contributed by atoms with E-state index in [4.69, 9.17) is 0 Å². The number of carbonyl (C=O) groups excluding carboxylic acids is 1. The van der Waals surface area contributed by atoms with E-state index in [1.54, 1.807) is 0 Å². The summed E-state index contributed by atoms with van der Waals surface area (Å²) in [5, 5.41) is 4.30. The zero-order chi connectivity index (χ0) is 15.2. The number of hydrogen-bond donors (Lipinski definition) is 1. The van der Waals surface area contributed by atoms with Crippen LogP contribution in [0.4, 0.5) is 0 Å². The summed E-state index contributed by atoms with van der Waals surface area (Å²) < 4.78 is 0. The van der Waals surface area contributed by atoms with Crippen LogP contribution in [0.1, 0.15) is 32.3 Å². The van der Waals surface area contributed by atoms with Crippen LogP contribution in [-0.4, -0.2) is 11.6 Å². The standard InChI is InChI=1S/C18H22N2O/c1-13(2)16-10-9-14(3)17(12-16)19-20-18(21)11-15-7-5-4-6-8-15/h4-9,16H,1,10-12H2,2-3H3,(H,20,21). The third kappa shape index (κ3) is 4.42. The van der Waals surface area contributed by atoms with Gasteiger partial charge in [0.25, 0.3) is 0 Å².